The van der Waals surface area contributed by atoms with Crippen molar-refractivity contribution in [3.05, 3.63) is 48.6 Å². The van der Waals surface area contributed by atoms with Gasteiger partial charge in [-0.25, -0.2) is 0 Å². The molecule has 1 heterocycles. The van der Waals surface area contributed by atoms with Gasteiger partial charge >= 0.3 is 0 Å². The van der Waals surface area contributed by atoms with Gasteiger partial charge in [0, 0.05) is 6.54 Å². The van der Waals surface area contributed by atoms with Gasteiger partial charge in [0.05, 0.1) is 0 Å². The number of hydrogen-bond donors (Lipinski definition) is 1. The van der Waals surface area contributed by atoms with E-state index in [0.717, 1.165) is 5.56 Å². The van der Waals surface area contributed by atoms with Crippen molar-refractivity contribution >= 4 is 11.8 Å². The van der Waals surface area contributed by atoms with Crippen LogP contribution in [0.25, 0.3) is 0 Å². The molecule has 1 aromatic carbocycles. The Balaban J connectivity index is 2.42. The van der Waals surface area contributed by atoms with Crippen LogP contribution in [-0.2, 0) is 9.59 Å². The summed E-state index contributed by atoms with van der Waals surface area (Å²) in [6.45, 7) is 7.99. The molecule has 4 nitrogen and oxygen atoms in total. The van der Waals surface area contributed by atoms with Crippen molar-refractivity contribution in [2.75, 3.05) is 6.54 Å². The maximum atomic E-state index is 12.9. The van der Waals surface area contributed by atoms with Crippen molar-refractivity contribution in [3.8, 4) is 0 Å². The molecule has 1 unspecified atom stereocenters. The largest absolute Gasteiger partial charge is 0.338 e. The van der Waals surface area contributed by atoms with Crippen molar-refractivity contribution in [1.29, 1.82) is 0 Å². The van der Waals surface area contributed by atoms with Crippen LogP contribution in [0.5, 0.6) is 0 Å². The summed E-state index contributed by atoms with van der Waals surface area (Å²) in [7, 11) is 0. The molecule has 1 saturated heterocycles. The Morgan fingerprint density at radius 2 is 1.86 bits per heavy atom. The first-order chi connectivity index (χ1) is 10.1. The van der Waals surface area contributed by atoms with E-state index >= 15 is 0 Å². The third-order valence-corrected chi connectivity index (χ3v) is 4.34. The van der Waals surface area contributed by atoms with E-state index in [-0.39, 0.29) is 11.8 Å². The molecule has 0 aromatic heterocycles. The van der Waals surface area contributed by atoms with E-state index in [0.29, 0.717) is 19.4 Å². The van der Waals surface area contributed by atoms with Crippen LogP contribution in [0, 0.1) is 0 Å². The molecule has 112 valence electrons. The molecule has 1 fully saturated rings. The highest BCUT2D eigenvalue weighted by Gasteiger charge is 2.50. The summed E-state index contributed by atoms with van der Waals surface area (Å²) >= 11 is 0. The van der Waals surface area contributed by atoms with Gasteiger partial charge in [-0.1, -0.05) is 50.3 Å². The molecule has 0 saturated carbocycles. The van der Waals surface area contributed by atoms with E-state index in [4.69, 9.17) is 0 Å². The second-order valence-electron chi connectivity index (χ2n) is 5.29. The predicted octanol–water partition coefficient (Wildman–Crippen LogP) is 2.43. The Kier molecular flexibility index (Phi) is 4.46. The number of nitrogens with one attached hydrogen (secondary N) is 1. The minimum absolute atomic E-state index is 0.0654. The van der Waals surface area contributed by atoms with Gasteiger partial charge in [-0.15, -0.1) is 6.58 Å². The van der Waals surface area contributed by atoms with Gasteiger partial charge in [0.2, 0.25) is 5.91 Å². The second-order valence-corrected chi connectivity index (χ2v) is 5.29. The highest BCUT2D eigenvalue weighted by Crippen LogP contribution is 2.33. The predicted molar refractivity (Wildman–Crippen MR) is 82.5 cm³/mol. The lowest BCUT2D eigenvalue weighted by atomic mass is 9.84. The fourth-order valence-corrected chi connectivity index (χ4v) is 3.03. The highest BCUT2D eigenvalue weighted by molar-refractivity contribution is 6.00. The molecule has 21 heavy (non-hydrogen) atoms. The van der Waals surface area contributed by atoms with E-state index in [1.807, 2.05) is 44.2 Å². The van der Waals surface area contributed by atoms with E-state index in [1.165, 1.54) is 0 Å². The molecule has 1 aliphatic heterocycles. The van der Waals surface area contributed by atoms with Gasteiger partial charge in [0.1, 0.15) is 11.6 Å². The van der Waals surface area contributed by atoms with Crippen molar-refractivity contribution in [2.45, 2.75) is 38.3 Å². The summed E-state index contributed by atoms with van der Waals surface area (Å²) in [6.07, 6.45) is 2.87. The standard InChI is InChI=1S/C17H22N2O2/c1-4-12-19-15(20)14(13-10-8-7-9-11-13)18-16(21)17(19,5-2)6-3/h4,7-11,14H,1,5-6,12H2,2-3H3,(H,18,21). The Hall–Kier alpha value is -2.10. The number of carbonyl (C=O) groups excluding carboxylic acids is 2. The fraction of sp³-hybridized carbons (Fsp3) is 0.412. The molecule has 0 spiro atoms. The normalized spacial score (nSPS) is 21.0. The molecule has 2 amide bonds. The average Bonchev–Trinajstić information content (AvgIpc) is 2.52. The molecule has 4 heteroatoms. The van der Waals surface area contributed by atoms with E-state index < -0.39 is 11.6 Å². The third kappa shape index (κ3) is 2.46. The minimum atomic E-state index is -0.767. The maximum Gasteiger partial charge on any atom is 0.250 e. The minimum Gasteiger partial charge on any atom is -0.338 e. The number of nitrogens with zero attached hydrogens (tertiary/aromatic N) is 1. The lowest BCUT2D eigenvalue weighted by molar-refractivity contribution is -0.157. The summed E-state index contributed by atoms with van der Waals surface area (Å²) in [5, 5.41) is 2.90. The Bertz CT molecular complexity index is 535. The van der Waals surface area contributed by atoms with Crippen molar-refractivity contribution < 1.29 is 9.59 Å². The zero-order valence-electron chi connectivity index (χ0n) is 12.6. The first-order valence-electron chi connectivity index (χ1n) is 7.39. The lowest BCUT2D eigenvalue weighted by Gasteiger charge is -2.47. The molecule has 2 rings (SSSR count). The Morgan fingerprint density at radius 3 is 2.38 bits per heavy atom. The summed E-state index contributed by atoms with van der Waals surface area (Å²) in [5.41, 5.74) is 0.0435. The summed E-state index contributed by atoms with van der Waals surface area (Å²) in [6, 6.07) is 8.74. The van der Waals surface area contributed by atoms with Crippen LogP contribution >= 0.6 is 0 Å². The van der Waals surface area contributed by atoms with Crippen molar-refractivity contribution in [3.63, 3.8) is 0 Å². The Labute approximate surface area is 125 Å². The molecular weight excluding hydrogens is 264 g/mol. The van der Waals surface area contributed by atoms with Gasteiger partial charge in [-0.3, -0.25) is 9.59 Å². The summed E-state index contributed by atoms with van der Waals surface area (Å²) in [4.78, 5) is 27.2. The number of carbonyl (C=O) groups is 2. The van der Waals surface area contributed by atoms with E-state index in [1.54, 1.807) is 11.0 Å². The molecule has 1 aliphatic rings. The molecule has 1 atom stereocenters. The van der Waals surface area contributed by atoms with Crippen LogP contribution in [0.4, 0.5) is 0 Å². The molecule has 0 aliphatic carbocycles. The van der Waals surface area contributed by atoms with Crippen molar-refractivity contribution in [1.82, 2.24) is 10.2 Å². The van der Waals surface area contributed by atoms with Gasteiger partial charge in [0.15, 0.2) is 0 Å². The monoisotopic (exact) mass is 286 g/mol. The molecule has 0 radical (unpaired) electrons. The zero-order chi connectivity index (χ0) is 15.5. The SMILES string of the molecule is C=CCN1C(=O)C(c2ccccc2)NC(=O)C1(CC)CC. The molecule has 0 bridgehead atoms. The quantitative estimate of drug-likeness (QED) is 0.845. The third-order valence-electron chi connectivity index (χ3n) is 4.34. The number of rotatable bonds is 5. The molecular formula is C17H22N2O2. The van der Waals surface area contributed by atoms with Crippen LogP contribution in [0.1, 0.15) is 38.3 Å². The van der Waals surface area contributed by atoms with Gasteiger partial charge < -0.3 is 10.2 Å². The first kappa shape index (κ1) is 15.3. The molecule has 1 N–H and O–H groups in total. The topological polar surface area (TPSA) is 49.4 Å². The average molecular weight is 286 g/mol. The van der Waals surface area contributed by atoms with Gasteiger partial charge in [-0.2, -0.15) is 0 Å². The van der Waals surface area contributed by atoms with Crippen molar-refractivity contribution in [2.24, 2.45) is 0 Å². The number of hydrogen-bond acceptors (Lipinski definition) is 2. The molecule has 1 aromatic rings. The van der Waals surface area contributed by atoms with Gasteiger partial charge in [-0.05, 0) is 18.4 Å². The van der Waals surface area contributed by atoms with E-state index in [2.05, 4.69) is 11.9 Å². The second kappa shape index (κ2) is 6.12. The van der Waals surface area contributed by atoms with Crippen LogP contribution in [0.3, 0.4) is 0 Å². The van der Waals surface area contributed by atoms with Crippen LogP contribution in [-0.4, -0.2) is 28.8 Å². The lowest BCUT2D eigenvalue weighted by Crippen LogP contribution is -2.67. The van der Waals surface area contributed by atoms with Gasteiger partial charge in [0.25, 0.3) is 5.91 Å². The number of amides is 2. The highest BCUT2D eigenvalue weighted by atomic mass is 16.2. The first-order valence-corrected chi connectivity index (χ1v) is 7.39. The zero-order valence-corrected chi connectivity index (χ0v) is 12.6. The fourth-order valence-electron chi connectivity index (χ4n) is 3.03. The van der Waals surface area contributed by atoms with Crippen LogP contribution in [0.15, 0.2) is 43.0 Å². The van der Waals surface area contributed by atoms with Crippen LogP contribution < -0.4 is 5.32 Å². The van der Waals surface area contributed by atoms with E-state index in [9.17, 15) is 9.59 Å². The summed E-state index contributed by atoms with van der Waals surface area (Å²) in [5.74, 6) is -0.146. The Morgan fingerprint density at radius 1 is 1.24 bits per heavy atom. The maximum absolute atomic E-state index is 12.9. The van der Waals surface area contributed by atoms with Crippen LogP contribution in [0.2, 0.25) is 0 Å². The summed E-state index contributed by atoms with van der Waals surface area (Å²) < 4.78 is 0. The smallest absolute Gasteiger partial charge is 0.250 e. The number of benzene rings is 1. The number of piperazine rings is 1.